The van der Waals surface area contributed by atoms with Crippen molar-refractivity contribution in [3.63, 3.8) is 0 Å². The highest BCUT2D eigenvalue weighted by molar-refractivity contribution is 7.47. The van der Waals surface area contributed by atoms with Crippen LogP contribution in [0.5, 0.6) is 0 Å². The van der Waals surface area contributed by atoms with Gasteiger partial charge < -0.3 is 89.1 Å². The molecule has 2 saturated heterocycles. The Morgan fingerprint density at radius 1 is 0.423 bits per heavy atom. The molecule has 3 aliphatic rings. The summed E-state index contributed by atoms with van der Waals surface area (Å²) in [6.07, 6.45) is 15.7. The van der Waals surface area contributed by atoms with Crippen LogP contribution in [0.15, 0.2) is 36.5 Å². The minimum absolute atomic E-state index is 0.0271. The lowest BCUT2D eigenvalue weighted by Gasteiger charge is -2.49. The number of phosphoric acid groups is 1. The quantitative estimate of drug-likeness (QED) is 0.00513. The highest BCUT2D eigenvalue weighted by atomic mass is 31.2. The summed E-state index contributed by atoms with van der Waals surface area (Å²) in [6, 6.07) is 0. The van der Waals surface area contributed by atoms with Gasteiger partial charge in [-0.05, 0) is 51.4 Å². The molecule has 11 N–H and O–H groups in total. The first kappa shape index (κ1) is 88.4. The van der Waals surface area contributed by atoms with Gasteiger partial charge in [0.05, 0.1) is 13.2 Å². The zero-order valence-corrected chi connectivity index (χ0v) is 59.8. The van der Waals surface area contributed by atoms with E-state index in [1.807, 2.05) is 6.08 Å². The van der Waals surface area contributed by atoms with E-state index in [2.05, 4.69) is 32.9 Å². The molecule has 0 bridgehead atoms. The molecule has 2 aliphatic heterocycles. The molecule has 3 rings (SSSR count). The van der Waals surface area contributed by atoms with E-state index in [0.29, 0.717) is 19.3 Å². The van der Waals surface area contributed by atoms with Crippen molar-refractivity contribution in [2.45, 2.75) is 375 Å². The Morgan fingerprint density at radius 2 is 0.804 bits per heavy atom. The molecule has 0 radical (unpaired) electrons. The Morgan fingerprint density at radius 3 is 1.26 bits per heavy atom. The van der Waals surface area contributed by atoms with E-state index in [4.69, 9.17) is 42.2 Å². The van der Waals surface area contributed by atoms with Gasteiger partial charge in [-0.3, -0.25) is 18.6 Å². The number of hydrogen-bond donors (Lipinski definition) is 11. The molecular weight excluding hydrogens is 1280 g/mol. The molecule has 0 amide bonds. The van der Waals surface area contributed by atoms with Crippen LogP contribution in [-0.4, -0.2) is 204 Å². The predicted molar refractivity (Wildman–Crippen MR) is 365 cm³/mol. The first-order chi connectivity index (χ1) is 46.8. The summed E-state index contributed by atoms with van der Waals surface area (Å²) in [5.74, 6) is -2.25. The third-order valence-electron chi connectivity index (χ3n) is 18.2. The summed E-state index contributed by atoms with van der Waals surface area (Å²) in [6.45, 7) is 3.30. The van der Waals surface area contributed by atoms with Crippen molar-refractivity contribution in [2.24, 2.45) is 0 Å². The number of aliphatic hydroxyl groups excluding tert-OH is 10. The van der Waals surface area contributed by atoms with Crippen LogP contribution in [-0.2, 0) is 61.2 Å². The van der Waals surface area contributed by atoms with E-state index in [-0.39, 0.29) is 12.8 Å². The van der Waals surface area contributed by atoms with Gasteiger partial charge in [-0.2, -0.15) is 0 Å². The highest BCUT2D eigenvalue weighted by Gasteiger charge is 2.58. The minimum atomic E-state index is -5.72. The van der Waals surface area contributed by atoms with E-state index >= 15 is 0 Å². The number of unbranched alkanes of at least 4 members (excludes halogenated alkanes) is 33. The minimum Gasteiger partial charge on any atom is -0.463 e. The van der Waals surface area contributed by atoms with Crippen LogP contribution < -0.4 is 0 Å². The number of rotatable bonds is 57. The van der Waals surface area contributed by atoms with Gasteiger partial charge in [-0.1, -0.05) is 237 Å². The van der Waals surface area contributed by atoms with E-state index < -0.39 is 156 Å². The van der Waals surface area contributed by atoms with Crippen LogP contribution in [0.3, 0.4) is 0 Å². The largest absolute Gasteiger partial charge is 0.472 e. The molecule has 25 heteroatoms. The van der Waals surface area contributed by atoms with Gasteiger partial charge >= 0.3 is 25.7 Å². The van der Waals surface area contributed by atoms with Gasteiger partial charge in [0.25, 0.3) is 0 Å². The predicted octanol–water partition coefficient (Wildman–Crippen LogP) is 9.90. The molecule has 3 fully saturated rings. The summed E-state index contributed by atoms with van der Waals surface area (Å²) < 4.78 is 64.7. The SMILES string of the molecule is CCCCCC/C=C\CCCCCCCCCC(=O)OC(COC(=O)/C=C/C=C/CCCCCCCCCCCCC)COP(=O)(O)OC1C(OC2OC(CO)C(O)C(O)C2O)C(O)C(O)C(O)C1OC1OC(COC(=O)CCCCCCCCCCCCCC)C(O)C(O)C1O. The van der Waals surface area contributed by atoms with Gasteiger partial charge in [-0.25, -0.2) is 9.36 Å². The maximum Gasteiger partial charge on any atom is 0.472 e. The molecule has 566 valence electrons. The zero-order chi connectivity index (χ0) is 71.1. The van der Waals surface area contributed by atoms with Crippen LogP contribution in [0.25, 0.3) is 0 Å². The normalized spacial score (nSPS) is 28.0. The fraction of sp³-hybridized carbons (Fsp3) is 0.875. The number of hydrogen-bond acceptors (Lipinski definition) is 23. The molecule has 2 heterocycles. The van der Waals surface area contributed by atoms with Crippen molar-refractivity contribution >= 4 is 25.7 Å². The average molecular weight is 1410 g/mol. The fourth-order valence-corrected chi connectivity index (χ4v) is 13.1. The second kappa shape index (κ2) is 53.9. The van der Waals surface area contributed by atoms with Crippen molar-refractivity contribution < 1.29 is 117 Å². The highest BCUT2D eigenvalue weighted by Crippen LogP contribution is 2.49. The standard InChI is InChI=1S/C72H129O24P/c1-4-7-10-13-16-19-22-25-27-29-32-35-37-40-43-46-56(74)88-50-53(91-58(76)48-45-42-39-36-33-30-28-26-23-20-17-14-11-8-5-2)51-90-97(86,87)96-70-68(94-71-66(84)61(79)59(77)54(49-73)92-71)64(82)63(81)65(83)69(70)95-72-67(85)62(80)60(78)55(93-72)52-89-57(75)47-44-41-38-34-31-24-21-18-15-12-9-6-3/h20,23,37,40,43,46,53-55,59-73,77-85H,4-19,21-22,24-36,38-39,41-42,44-45,47-52H2,1-3H3,(H,86,87)/b23-20-,40-37+,46-43+. The number of aliphatic hydroxyl groups is 10. The monoisotopic (exact) mass is 1410 g/mol. The number of phosphoric ester groups is 1. The molecule has 97 heavy (non-hydrogen) atoms. The lowest BCUT2D eigenvalue weighted by molar-refractivity contribution is -0.360. The molecule has 0 aromatic heterocycles. The lowest BCUT2D eigenvalue weighted by Crippen LogP contribution is -2.69. The van der Waals surface area contributed by atoms with Crippen LogP contribution >= 0.6 is 7.82 Å². The Balaban J connectivity index is 1.76. The first-order valence-corrected chi connectivity index (χ1v) is 38.8. The van der Waals surface area contributed by atoms with Gasteiger partial charge in [0.2, 0.25) is 0 Å². The summed E-state index contributed by atoms with van der Waals surface area (Å²) >= 11 is 0. The molecule has 0 aromatic carbocycles. The molecular formula is C72H129O24P. The first-order valence-electron chi connectivity index (χ1n) is 37.3. The van der Waals surface area contributed by atoms with E-state index in [1.165, 1.54) is 122 Å². The maximum absolute atomic E-state index is 14.3. The van der Waals surface area contributed by atoms with E-state index in [9.17, 15) is 74.9 Å². The number of carbonyl (C=O) groups is 3. The van der Waals surface area contributed by atoms with Crippen molar-refractivity contribution in [2.75, 3.05) is 26.4 Å². The number of allylic oxidation sites excluding steroid dienone is 5. The van der Waals surface area contributed by atoms with Gasteiger partial charge in [0.15, 0.2) is 18.7 Å². The Hall–Kier alpha value is -2.82. The lowest BCUT2D eigenvalue weighted by atomic mass is 9.84. The van der Waals surface area contributed by atoms with Gasteiger partial charge in [0, 0.05) is 18.9 Å². The maximum atomic E-state index is 14.3. The van der Waals surface area contributed by atoms with Crippen molar-refractivity contribution in [3.8, 4) is 0 Å². The second-order valence-electron chi connectivity index (χ2n) is 26.7. The third kappa shape index (κ3) is 37.3. The molecule has 0 spiro atoms. The number of esters is 3. The smallest absolute Gasteiger partial charge is 0.463 e. The van der Waals surface area contributed by atoms with Crippen LogP contribution in [0.1, 0.15) is 271 Å². The number of carbonyl (C=O) groups excluding carboxylic acids is 3. The summed E-state index contributed by atoms with van der Waals surface area (Å²) in [7, 11) is -5.72. The van der Waals surface area contributed by atoms with Crippen LogP contribution in [0.2, 0.25) is 0 Å². The Kier molecular flexibility index (Phi) is 49.1. The zero-order valence-electron chi connectivity index (χ0n) is 58.9. The van der Waals surface area contributed by atoms with Crippen molar-refractivity contribution in [1.82, 2.24) is 0 Å². The molecule has 24 nitrogen and oxygen atoms in total. The van der Waals surface area contributed by atoms with Crippen LogP contribution in [0, 0.1) is 0 Å². The molecule has 1 saturated carbocycles. The summed E-state index contributed by atoms with van der Waals surface area (Å²) in [5, 5.41) is 110. The molecule has 18 unspecified atom stereocenters. The fourth-order valence-electron chi connectivity index (χ4n) is 12.1. The molecule has 1 aliphatic carbocycles. The third-order valence-corrected chi connectivity index (χ3v) is 19.2. The van der Waals surface area contributed by atoms with Gasteiger partial charge in [0.1, 0.15) is 98.7 Å². The second-order valence-corrected chi connectivity index (χ2v) is 28.1. The summed E-state index contributed by atoms with van der Waals surface area (Å²) in [5.41, 5.74) is 0. The molecule has 18 atom stereocenters. The topological polar surface area (TPSA) is 374 Å². The van der Waals surface area contributed by atoms with Crippen molar-refractivity contribution in [3.05, 3.63) is 36.5 Å². The van der Waals surface area contributed by atoms with Gasteiger partial charge in [-0.15, -0.1) is 0 Å². The average Bonchev–Trinajstić information content (AvgIpc) is 0.764. The Labute approximate surface area is 578 Å². The van der Waals surface area contributed by atoms with Crippen LogP contribution in [0.4, 0.5) is 0 Å². The van der Waals surface area contributed by atoms with Crippen molar-refractivity contribution in [1.29, 1.82) is 0 Å². The molecule has 0 aromatic rings. The van der Waals surface area contributed by atoms with E-state index in [1.54, 1.807) is 6.08 Å². The summed E-state index contributed by atoms with van der Waals surface area (Å²) in [4.78, 5) is 50.8. The van der Waals surface area contributed by atoms with E-state index in [0.717, 1.165) is 109 Å². The Bertz CT molecular complexity index is 2150. The number of ether oxygens (including phenoxy) is 7.